The van der Waals surface area contributed by atoms with Crippen LogP contribution in [-0.2, 0) is 10.0 Å². The number of pyridine rings is 1. The summed E-state index contributed by atoms with van der Waals surface area (Å²) >= 11 is 0. The molecule has 1 atom stereocenters. The monoisotopic (exact) mass is 298 g/mol. The minimum absolute atomic E-state index is 0.0845. The molecule has 1 unspecified atom stereocenters. The molecule has 7 heteroatoms. The molecule has 1 aromatic heterocycles. The molecule has 2 heterocycles. The van der Waals surface area contributed by atoms with Gasteiger partial charge in [0.25, 0.3) is 10.0 Å². The number of nitrogens with zero attached hydrogens (tertiary/aromatic N) is 2. The van der Waals surface area contributed by atoms with Crippen molar-refractivity contribution in [3.63, 3.8) is 0 Å². The molecule has 0 aliphatic carbocycles. The second-order valence-electron chi connectivity index (χ2n) is 5.49. The van der Waals surface area contributed by atoms with Crippen LogP contribution >= 0.6 is 0 Å². The number of nitrogens with one attached hydrogen (secondary N) is 1. The molecule has 0 spiro atoms. The number of anilines is 1. The molecule has 1 fully saturated rings. The summed E-state index contributed by atoms with van der Waals surface area (Å²) in [7, 11) is -3.62. The van der Waals surface area contributed by atoms with Crippen LogP contribution in [0, 0.1) is 5.92 Å². The highest BCUT2D eigenvalue weighted by Crippen LogP contribution is 2.19. The summed E-state index contributed by atoms with van der Waals surface area (Å²) in [5, 5.41) is -0.0845. The van der Waals surface area contributed by atoms with E-state index in [-0.39, 0.29) is 10.7 Å². The number of sulfonamides is 1. The zero-order valence-corrected chi connectivity index (χ0v) is 12.7. The van der Waals surface area contributed by atoms with Crippen molar-refractivity contribution in [3.05, 3.63) is 18.3 Å². The van der Waals surface area contributed by atoms with Crippen molar-refractivity contribution in [2.24, 2.45) is 5.92 Å². The number of rotatable bonds is 5. The molecule has 1 aliphatic heterocycles. The molecule has 0 radical (unpaired) electrons. The van der Waals surface area contributed by atoms with E-state index < -0.39 is 10.0 Å². The molecule has 1 aliphatic rings. The van der Waals surface area contributed by atoms with E-state index in [0.29, 0.717) is 18.5 Å². The Labute approximate surface area is 120 Å². The molecule has 6 nitrogen and oxygen atoms in total. The van der Waals surface area contributed by atoms with Crippen molar-refractivity contribution in [2.75, 3.05) is 25.4 Å². The van der Waals surface area contributed by atoms with Gasteiger partial charge in [-0.15, -0.1) is 0 Å². The standard InChI is InChI=1S/C13H22N4O2S/c1-10(2)17-7-5-11(9-17)8-16-20(18,19)13-12(14)4-3-6-15-13/h3-4,6,10-11,16H,5,7-9,14H2,1-2H3. The minimum Gasteiger partial charge on any atom is -0.396 e. The molecule has 1 aromatic rings. The maximum atomic E-state index is 12.2. The predicted molar refractivity (Wildman–Crippen MR) is 78.7 cm³/mol. The van der Waals surface area contributed by atoms with E-state index in [4.69, 9.17) is 5.73 Å². The SMILES string of the molecule is CC(C)N1CCC(CNS(=O)(=O)c2ncccc2N)C1. The van der Waals surface area contributed by atoms with Gasteiger partial charge in [-0.3, -0.25) is 0 Å². The lowest BCUT2D eigenvalue weighted by atomic mass is 10.1. The number of nitrogen functional groups attached to an aromatic ring is 1. The van der Waals surface area contributed by atoms with E-state index in [2.05, 4.69) is 28.5 Å². The summed E-state index contributed by atoms with van der Waals surface area (Å²) in [6.45, 7) is 6.69. The van der Waals surface area contributed by atoms with Crippen molar-refractivity contribution in [1.29, 1.82) is 0 Å². The summed E-state index contributed by atoms with van der Waals surface area (Å²) in [5.74, 6) is 0.345. The van der Waals surface area contributed by atoms with Crippen LogP contribution in [0.4, 0.5) is 5.69 Å². The van der Waals surface area contributed by atoms with Gasteiger partial charge in [0.1, 0.15) is 0 Å². The number of nitrogens with two attached hydrogens (primary N) is 1. The largest absolute Gasteiger partial charge is 0.396 e. The molecule has 20 heavy (non-hydrogen) atoms. The lowest BCUT2D eigenvalue weighted by Crippen LogP contribution is -2.33. The van der Waals surface area contributed by atoms with Gasteiger partial charge in [0.2, 0.25) is 0 Å². The zero-order chi connectivity index (χ0) is 14.8. The second kappa shape index (κ2) is 6.07. The minimum atomic E-state index is -3.62. The molecule has 0 aromatic carbocycles. The lowest BCUT2D eigenvalue weighted by molar-refractivity contribution is 0.265. The van der Waals surface area contributed by atoms with E-state index in [1.165, 1.54) is 12.3 Å². The summed E-state index contributed by atoms with van der Waals surface area (Å²) in [6.07, 6.45) is 2.44. The highest BCUT2D eigenvalue weighted by Gasteiger charge is 2.26. The van der Waals surface area contributed by atoms with Gasteiger partial charge in [0.05, 0.1) is 5.69 Å². The number of hydrogen-bond donors (Lipinski definition) is 2. The molecule has 3 N–H and O–H groups in total. The van der Waals surface area contributed by atoms with E-state index in [9.17, 15) is 8.42 Å². The van der Waals surface area contributed by atoms with E-state index in [1.54, 1.807) is 6.07 Å². The van der Waals surface area contributed by atoms with Crippen LogP contribution in [0.15, 0.2) is 23.4 Å². The third kappa shape index (κ3) is 3.47. The average molecular weight is 298 g/mol. The molecular formula is C13H22N4O2S. The van der Waals surface area contributed by atoms with Crippen LogP contribution in [0.25, 0.3) is 0 Å². The van der Waals surface area contributed by atoms with E-state index in [0.717, 1.165) is 19.5 Å². The van der Waals surface area contributed by atoms with Crippen LogP contribution in [0.3, 0.4) is 0 Å². The maximum Gasteiger partial charge on any atom is 0.260 e. The van der Waals surface area contributed by atoms with Crippen molar-refractivity contribution in [2.45, 2.75) is 31.3 Å². The molecule has 2 rings (SSSR count). The Morgan fingerprint density at radius 3 is 2.90 bits per heavy atom. The quantitative estimate of drug-likeness (QED) is 0.834. The lowest BCUT2D eigenvalue weighted by Gasteiger charge is -2.20. The normalized spacial score (nSPS) is 20.6. The molecular weight excluding hydrogens is 276 g/mol. The first-order chi connectivity index (χ1) is 9.40. The topological polar surface area (TPSA) is 88.3 Å². The molecule has 1 saturated heterocycles. The van der Waals surface area contributed by atoms with Gasteiger partial charge in [-0.1, -0.05) is 0 Å². The van der Waals surface area contributed by atoms with Gasteiger partial charge >= 0.3 is 0 Å². The third-order valence-electron chi connectivity index (χ3n) is 3.66. The highest BCUT2D eigenvalue weighted by molar-refractivity contribution is 7.89. The molecule has 0 saturated carbocycles. The molecule has 0 amide bonds. The first-order valence-electron chi connectivity index (χ1n) is 6.84. The van der Waals surface area contributed by atoms with Gasteiger partial charge in [0, 0.05) is 25.3 Å². The molecule has 0 bridgehead atoms. The first kappa shape index (κ1) is 15.2. The van der Waals surface area contributed by atoms with Gasteiger partial charge in [-0.2, -0.15) is 0 Å². The predicted octanol–water partition coefficient (Wildman–Crippen LogP) is 0.672. The average Bonchev–Trinajstić information content (AvgIpc) is 2.86. The fourth-order valence-corrected chi connectivity index (χ4v) is 3.59. The molecule has 112 valence electrons. The summed E-state index contributed by atoms with van der Waals surface area (Å²) in [5.41, 5.74) is 5.84. The first-order valence-corrected chi connectivity index (χ1v) is 8.32. The number of hydrogen-bond acceptors (Lipinski definition) is 5. The van der Waals surface area contributed by atoms with Crippen molar-refractivity contribution in [1.82, 2.24) is 14.6 Å². The Morgan fingerprint density at radius 2 is 2.30 bits per heavy atom. The van der Waals surface area contributed by atoms with Crippen LogP contribution in [0.2, 0.25) is 0 Å². The van der Waals surface area contributed by atoms with E-state index >= 15 is 0 Å². The van der Waals surface area contributed by atoms with Crippen LogP contribution in [0.5, 0.6) is 0 Å². The Morgan fingerprint density at radius 1 is 1.55 bits per heavy atom. The second-order valence-corrected chi connectivity index (χ2v) is 7.18. The van der Waals surface area contributed by atoms with Crippen molar-refractivity contribution < 1.29 is 8.42 Å². The Bertz CT molecular complexity index is 559. The van der Waals surface area contributed by atoms with Crippen LogP contribution < -0.4 is 10.5 Å². The van der Waals surface area contributed by atoms with E-state index in [1.807, 2.05) is 0 Å². The Balaban J connectivity index is 1.96. The Hall–Kier alpha value is -1.18. The Kier molecular flexibility index (Phi) is 4.62. The number of aromatic nitrogens is 1. The van der Waals surface area contributed by atoms with Crippen LogP contribution in [0.1, 0.15) is 20.3 Å². The highest BCUT2D eigenvalue weighted by atomic mass is 32.2. The van der Waals surface area contributed by atoms with Crippen molar-refractivity contribution in [3.8, 4) is 0 Å². The summed E-state index contributed by atoms with van der Waals surface area (Å²) in [6, 6.07) is 3.66. The fraction of sp³-hybridized carbons (Fsp3) is 0.615. The van der Waals surface area contributed by atoms with Gasteiger partial charge in [-0.25, -0.2) is 18.1 Å². The van der Waals surface area contributed by atoms with Gasteiger partial charge in [0.15, 0.2) is 5.03 Å². The van der Waals surface area contributed by atoms with Gasteiger partial charge < -0.3 is 10.6 Å². The van der Waals surface area contributed by atoms with Crippen molar-refractivity contribution >= 4 is 15.7 Å². The third-order valence-corrected chi connectivity index (χ3v) is 5.06. The summed E-state index contributed by atoms with van der Waals surface area (Å²) in [4.78, 5) is 6.21. The maximum absolute atomic E-state index is 12.2. The smallest absolute Gasteiger partial charge is 0.260 e. The van der Waals surface area contributed by atoms with Gasteiger partial charge in [-0.05, 0) is 44.9 Å². The number of likely N-dealkylation sites (tertiary alicyclic amines) is 1. The fourth-order valence-electron chi connectivity index (χ4n) is 2.42. The van der Waals surface area contributed by atoms with Crippen LogP contribution in [-0.4, -0.2) is 44.0 Å². The summed E-state index contributed by atoms with van der Waals surface area (Å²) < 4.78 is 26.9. The zero-order valence-electron chi connectivity index (χ0n) is 11.9.